The summed E-state index contributed by atoms with van der Waals surface area (Å²) in [6, 6.07) is -0.495. The Morgan fingerprint density at radius 2 is 2.12 bits per heavy atom. The minimum Gasteiger partial charge on any atom is -0.481 e. The molecule has 1 aliphatic rings. The molecule has 1 heterocycles. The van der Waals surface area contributed by atoms with E-state index >= 15 is 0 Å². The van der Waals surface area contributed by atoms with Gasteiger partial charge in [-0.3, -0.25) is 9.59 Å². The molecular formula is C12H22N2O3. The van der Waals surface area contributed by atoms with Crippen molar-refractivity contribution in [2.75, 3.05) is 6.54 Å². The van der Waals surface area contributed by atoms with E-state index < -0.39 is 12.0 Å². The van der Waals surface area contributed by atoms with E-state index in [2.05, 4.69) is 0 Å². The van der Waals surface area contributed by atoms with Crippen LogP contribution in [0.3, 0.4) is 0 Å². The highest BCUT2D eigenvalue weighted by atomic mass is 16.4. The molecule has 1 fully saturated rings. The zero-order valence-electron chi connectivity index (χ0n) is 10.8. The van der Waals surface area contributed by atoms with Crippen molar-refractivity contribution in [1.82, 2.24) is 4.90 Å². The Morgan fingerprint density at radius 1 is 1.53 bits per heavy atom. The number of carbonyl (C=O) groups is 2. The van der Waals surface area contributed by atoms with Gasteiger partial charge in [-0.15, -0.1) is 0 Å². The fourth-order valence-corrected chi connectivity index (χ4v) is 2.61. The van der Waals surface area contributed by atoms with Crippen LogP contribution in [0.15, 0.2) is 0 Å². The van der Waals surface area contributed by atoms with Crippen molar-refractivity contribution in [3.8, 4) is 0 Å². The quantitative estimate of drug-likeness (QED) is 0.767. The summed E-state index contributed by atoms with van der Waals surface area (Å²) >= 11 is 0. The topological polar surface area (TPSA) is 83.6 Å². The van der Waals surface area contributed by atoms with E-state index in [1.54, 1.807) is 11.8 Å². The van der Waals surface area contributed by atoms with Crippen molar-refractivity contribution >= 4 is 11.9 Å². The summed E-state index contributed by atoms with van der Waals surface area (Å²) in [5.74, 6) is -0.666. The van der Waals surface area contributed by atoms with E-state index in [-0.39, 0.29) is 23.8 Å². The molecule has 5 heteroatoms. The van der Waals surface area contributed by atoms with Crippen LogP contribution in [0.5, 0.6) is 0 Å². The summed E-state index contributed by atoms with van der Waals surface area (Å²) < 4.78 is 0. The Hall–Kier alpha value is -1.10. The number of hydrogen-bond donors (Lipinski definition) is 2. The fraction of sp³-hybridized carbons (Fsp3) is 0.833. The van der Waals surface area contributed by atoms with Gasteiger partial charge < -0.3 is 15.7 Å². The van der Waals surface area contributed by atoms with Crippen LogP contribution in [0.2, 0.25) is 0 Å². The second-order valence-electron chi connectivity index (χ2n) is 5.55. The highest BCUT2D eigenvalue weighted by Gasteiger charge is 2.38. The number of nitrogens with two attached hydrogens (primary N) is 1. The molecule has 17 heavy (non-hydrogen) atoms. The molecule has 0 bridgehead atoms. The molecule has 0 saturated carbocycles. The minimum absolute atomic E-state index is 0.0521. The van der Waals surface area contributed by atoms with Crippen LogP contribution >= 0.6 is 0 Å². The van der Waals surface area contributed by atoms with Crippen molar-refractivity contribution in [1.29, 1.82) is 0 Å². The zero-order valence-corrected chi connectivity index (χ0v) is 10.8. The smallest absolute Gasteiger partial charge is 0.303 e. The Labute approximate surface area is 102 Å². The van der Waals surface area contributed by atoms with Crippen LogP contribution in [0.4, 0.5) is 0 Å². The third-order valence-electron chi connectivity index (χ3n) is 3.40. The Morgan fingerprint density at radius 3 is 2.53 bits per heavy atom. The lowest BCUT2D eigenvalue weighted by Gasteiger charge is -2.46. The lowest BCUT2D eigenvalue weighted by Crippen LogP contribution is -2.56. The van der Waals surface area contributed by atoms with E-state index in [1.807, 2.05) is 13.8 Å². The first kappa shape index (κ1) is 14.0. The normalized spacial score (nSPS) is 25.4. The molecule has 2 atom stereocenters. The van der Waals surface area contributed by atoms with Crippen LogP contribution in [0.1, 0.15) is 40.0 Å². The molecule has 1 unspecified atom stereocenters. The molecule has 1 rings (SSSR count). The van der Waals surface area contributed by atoms with Gasteiger partial charge in [-0.2, -0.15) is 0 Å². The van der Waals surface area contributed by atoms with Gasteiger partial charge in [0.1, 0.15) is 0 Å². The van der Waals surface area contributed by atoms with E-state index in [4.69, 9.17) is 10.8 Å². The maximum absolute atomic E-state index is 11.9. The van der Waals surface area contributed by atoms with E-state index in [9.17, 15) is 9.59 Å². The predicted molar refractivity (Wildman–Crippen MR) is 64.4 cm³/mol. The number of carboxylic acid groups (broad SMARTS) is 1. The molecule has 1 amide bonds. The third kappa shape index (κ3) is 3.43. The van der Waals surface area contributed by atoms with Crippen molar-refractivity contribution in [2.24, 2.45) is 11.7 Å². The first-order valence-electron chi connectivity index (χ1n) is 6.03. The molecule has 0 aromatic heterocycles. The molecule has 5 nitrogen and oxygen atoms in total. The van der Waals surface area contributed by atoms with Gasteiger partial charge in [0, 0.05) is 18.5 Å². The van der Waals surface area contributed by atoms with E-state index in [0.29, 0.717) is 6.54 Å². The third-order valence-corrected chi connectivity index (χ3v) is 3.40. The number of carboxylic acids is 1. The van der Waals surface area contributed by atoms with Gasteiger partial charge in [-0.25, -0.2) is 0 Å². The number of nitrogens with zero attached hydrogens (tertiary/aromatic N) is 1. The Kier molecular flexibility index (Phi) is 4.14. The van der Waals surface area contributed by atoms with Crippen LogP contribution in [0.25, 0.3) is 0 Å². The van der Waals surface area contributed by atoms with Crippen molar-refractivity contribution in [2.45, 2.75) is 51.6 Å². The summed E-state index contributed by atoms with van der Waals surface area (Å²) in [4.78, 5) is 24.4. The van der Waals surface area contributed by atoms with Gasteiger partial charge in [0.15, 0.2) is 0 Å². The summed E-state index contributed by atoms with van der Waals surface area (Å²) in [6.07, 6.45) is 1.65. The van der Waals surface area contributed by atoms with Crippen molar-refractivity contribution in [3.05, 3.63) is 0 Å². The van der Waals surface area contributed by atoms with Gasteiger partial charge in [0.2, 0.25) is 5.91 Å². The average molecular weight is 242 g/mol. The van der Waals surface area contributed by atoms with Crippen LogP contribution in [0, 0.1) is 5.92 Å². The SMILES string of the molecule is C[C@H](N)C(=O)N1CCC(CC(=O)O)CC1(C)C. The molecule has 0 spiro atoms. The van der Waals surface area contributed by atoms with Crippen molar-refractivity contribution in [3.63, 3.8) is 0 Å². The second-order valence-corrected chi connectivity index (χ2v) is 5.55. The van der Waals surface area contributed by atoms with Gasteiger partial charge in [-0.1, -0.05) is 0 Å². The minimum atomic E-state index is -0.766. The molecule has 1 saturated heterocycles. The largest absolute Gasteiger partial charge is 0.481 e. The second kappa shape index (κ2) is 5.04. The Bertz CT molecular complexity index is 313. The lowest BCUT2D eigenvalue weighted by atomic mass is 9.80. The van der Waals surface area contributed by atoms with Crippen LogP contribution in [-0.2, 0) is 9.59 Å². The Balaban J connectivity index is 2.69. The van der Waals surface area contributed by atoms with Crippen molar-refractivity contribution < 1.29 is 14.7 Å². The molecule has 0 aliphatic carbocycles. The number of rotatable bonds is 3. The molecule has 0 radical (unpaired) electrons. The number of hydrogen-bond acceptors (Lipinski definition) is 3. The number of amides is 1. The zero-order chi connectivity index (χ0) is 13.2. The average Bonchev–Trinajstić information content (AvgIpc) is 2.14. The molecule has 98 valence electrons. The lowest BCUT2D eigenvalue weighted by molar-refractivity contribution is -0.142. The standard InChI is InChI=1S/C12H22N2O3/c1-8(13)11(17)14-5-4-9(6-10(15)16)7-12(14,2)3/h8-9H,4-7,13H2,1-3H3,(H,15,16)/t8-,9?/m0/s1. The van der Waals surface area contributed by atoms with Crippen LogP contribution in [-0.4, -0.2) is 40.0 Å². The van der Waals surface area contributed by atoms with Crippen LogP contribution < -0.4 is 5.73 Å². The predicted octanol–water partition coefficient (Wildman–Crippen LogP) is 0.825. The van der Waals surface area contributed by atoms with Gasteiger partial charge in [-0.05, 0) is 39.5 Å². The number of carbonyl (C=O) groups excluding carboxylic acids is 1. The molecule has 1 aliphatic heterocycles. The first-order valence-corrected chi connectivity index (χ1v) is 6.03. The molecule has 3 N–H and O–H groups in total. The monoisotopic (exact) mass is 242 g/mol. The maximum Gasteiger partial charge on any atom is 0.303 e. The highest BCUT2D eigenvalue weighted by molar-refractivity contribution is 5.82. The molecule has 0 aromatic rings. The number of piperidine rings is 1. The molecular weight excluding hydrogens is 220 g/mol. The van der Waals surface area contributed by atoms with E-state index in [0.717, 1.165) is 12.8 Å². The van der Waals surface area contributed by atoms with Gasteiger partial charge in [0.25, 0.3) is 0 Å². The van der Waals surface area contributed by atoms with Gasteiger partial charge >= 0.3 is 5.97 Å². The van der Waals surface area contributed by atoms with Gasteiger partial charge in [0.05, 0.1) is 6.04 Å². The highest BCUT2D eigenvalue weighted by Crippen LogP contribution is 2.33. The number of aliphatic carboxylic acids is 1. The number of likely N-dealkylation sites (tertiary alicyclic amines) is 1. The summed E-state index contributed by atoms with van der Waals surface area (Å²) in [5, 5.41) is 8.80. The maximum atomic E-state index is 11.9. The molecule has 0 aromatic carbocycles. The summed E-state index contributed by atoms with van der Waals surface area (Å²) in [5.41, 5.74) is 5.32. The van der Waals surface area contributed by atoms with E-state index in [1.165, 1.54) is 0 Å². The summed E-state index contributed by atoms with van der Waals surface area (Å²) in [7, 11) is 0. The first-order chi connectivity index (χ1) is 7.74. The summed E-state index contributed by atoms with van der Waals surface area (Å²) in [6.45, 7) is 6.23. The fourth-order valence-electron chi connectivity index (χ4n) is 2.61.